The fraction of sp³-hybridized carbons (Fsp3) is 0.562. The average molecular weight is 293 g/mol. The lowest BCUT2D eigenvalue weighted by Gasteiger charge is -2.48. The second-order valence-corrected chi connectivity index (χ2v) is 5.95. The van der Waals surface area contributed by atoms with Gasteiger partial charge in [0.05, 0.1) is 20.2 Å². The summed E-state index contributed by atoms with van der Waals surface area (Å²) in [5.41, 5.74) is 0.312. The fourth-order valence-electron chi connectivity index (χ4n) is 2.28. The van der Waals surface area contributed by atoms with Gasteiger partial charge in [-0.3, -0.25) is 4.79 Å². The summed E-state index contributed by atoms with van der Waals surface area (Å²) < 4.78 is 10.8. The minimum absolute atomic E-state index is 0.0480. The van der Waals surface area contributed by atoms with E-state index in [0.717, 1.165) is 5.56 Å². The lowest BCUT2D eigenvalue weighted by atomic mass is 9.83. The summed E-state index contributed by atoms with van der Waals surface area (Å²) in [7, 11) is 1.57. The maximum absolute atomic E-state index is 12.0. The van der Waals surface area contributed by atoms with Crippen molar-refractivity contribution in [1.29, 1.82) is 0 Å². The normalized spacial score (nSPS) is 16.6. The Morgan fingerprint density at radius 1 is 1.38 bits per heavy atom. The van der Waals surface area contributed by atoms with Crippen molar-refractivity contribution in [3.8, 4) is 11.5 Å². The first kappa shape index (κ1) is 15.6. The molecule has 1 aliphatic rings. The monoisotopic (exact) mass is 293 g/mol. The molecule has 0 aliphatic carbocycles. The van der Waals surface area contributed by atoms with Crippen molar-refractivity contribution in [2.75, 3.05) is 26.8 Å². The summed E-state index contributed by atoms with van der Waals surface area (Å²) in [5, 5.41) is 10.1. The molecule has 1 aromatic rings. The Hall–Kier alpha value is -1.75. The minimum Gasteiger partial charge on any atom is -0.493 e. The van der Waals surface area contributed by atoms with Crippen molar-refractivity contribution in [3.05, 3.63) is 23.8 Å². The van der Waals surface area contributed by atoms with Gasteiger partial charge in [0, 0.05) is 0 Å². The van der Waals surface area contributed by atoms with Crippen molar-refractivity contribution in [3.63, 3.8) is 0 Å². The molecule has 116 valence electrons. The smallest absolute Gasteiger partial charge is 0.260 e. The highest BCUT2D eigenvalue weighted by molar-refractivity contribution is 5.79. The van der Waals surface area contributed by atoms with E-state index in [1.165, 1.54) is 0 Å². The highest BCUT2D eigenvalue weighted by Crippen LogP contribution is 2.30. The third-order valence-corrected chi connectivity index (χ3v) is 4.03. The molecule has 1 fully saturated rings. The first-order valence-electron chi connectivity index (χ1n) is 7.13. The second kappa shape index (κ2) is 5.93. The minimum atomic E-state index is -0.753. The molecule has 0 unspecified atom stereocenters. The van der Waals surface area contributed by atoms with Crippen LogP contribution in [0.5, 0.6) is 11.5 Å². The van der Waals surface area contributed by atoms with Gasteiger partial charge in [0.15, 0.2) is 18.1 Å². The van der Waals surface area contributed by atoms with E-state index in [0.29, 0.717) is 24.6 Å². The summed E-state index contributed by atoms with van der Waals surface area (Å²) in [6, 6.07) is 5.56. The number of carbonyl (C=O) groups is 1. The number of likely N-dealkylation sites (tertiary alicyclic amines) is 1. The molecular weight excluding hydrogens is 270 g/mol. The van der Waals surface area contributed by atoms with Crippen LogP contribution in [0.4, 0.5) is 0 Å². The Bertz CT molecular complexity index is 521. The van der Waals surface area contributed by atoms with Crippen molar-refractivity contribution in [2.45, 2.75) is 26.4 Å². The van der Waals surface area contributed by atoms with Crippen LogP contribution < -0.4 is 9.47 Å². The van der Waals surface area contributed by atoms with E-state index >= 15 is 0 Å². The molecule has 1 aliphatic heterocycles. The molecule has 5 heteroatoms. The number of hydrogen-bond donors (Lipinski definition) is 1. The molecule has 0 aromatic heterocycles. The maximum Gasteiger partial charge on any atom is 0.260 e. The van der Waals surface area contributed by atoms with Gasteiger partial charge in [-0.15, -0.1) is 0 Å². The molecule has 1 N–H and O–H groups in total. The van der Waals surface area contributed by atoms with E-state index in [2.05, 4.69) is 0 Å². The van der Waals surface area contributed by atoms with Crippen LogP contribution in [0.3, 0.4) is 0 Å². The van der Waals surface area contributed by atoms with Crippen LogP contribution in [0, 0.1) is 12.8 Å². The number of carbonyl (C=O) groups excluding carboxylic acids is 1. The van der Waals surface area contributed by atoms with Crippen LogP contribution in [0.2, 0.25) is 0 Å². The van der Waals surface area contributed by atoms with Crippen LogP contribution in [-0.2, 0) is 4.79 Å². The summed E-state index contributed by atoms with van der Waals surface area (Å²) in [5.74, 6) is 1.18. The number of nitrogens with zero attached hydrogens (tertiary/aromatic N) is 1. The van der Waals surface area contributed by atoms with E-state index in [1.807, 2.05) is 32.9 Å². The van der Waals surface area contributed by atoms with Gasteiger partial charge in [-0.2, -0.15) is 0 Å². The highest BCUT2D eigenvalue weighted by Gasteiger charge is 2.45. The first-order valence-corrected chi connectivity index (χ1v) is 7.13. The number of β-amino-alcohol motifs (C(OH)–C–C–N with tert-alkyl or cyclic N) is 1. The third kappa shape index (κ3) is 3.29. The van der Waals surface area contributed by atoms with E-state index in [4.69, 9.17) is 9.47 Å². The van der Waals surface area contributed by atoms with Crippen molar-refractivity contribution < 1.29 is 19.4 Å². The Labute approximate surface area is 125 Å². The average Bonchev–Trinajstić information content (AvgIpc) is 2.41. The van der Waals surface area contributed by atoms with Gasteiger partial charge in [0.25, 0.3) is 5.91 Å². The van der Waals surface area contributed by atoms with Gasteiger partial charge < -0.3 is 19.5 Å². The predicted octanol–water partition coefficient (Wildman–Crippen LogP) is 1.61. The highest BCUT2D eigenvalue weighted by atomic mass is 16.5. The summed E-state index contributed by atoms with van der Waals surface area (Å²) in [4.78, 5) is 13.6. The predicted molar refractivity (Wildman–Crippen MR) is 79.6 cm³/mol. The molecule has 1 saturated heterocycles. The number of aliphatic hydroxyl groups is 1. The van der Waals surface area contributed by atoms with Crippen molar-refractivity contribution >= 4 is 5.91 Å². The Kier molecular flexibility index (Phi) is 4.42. The topological polar surface area (TPSA) is 59.0 Å². The third-order valence-electron chi connectivity index (χ3n) is 4.03. The van der Waals surface area contributed by atoms with Crippen molar-refractivity contribution in [2.24, 2.45) is 5.92 Å². The number of ether oxygens (including phenoxy) is 2. The molecule has 0 spiro atoms. The van der Waals surface area contributed by atoms with Crippen LogP contribution in [0.15, 0.2) is 18.2 Å². The maximum atomic E-state index is 12.0. The number of rotatable bonds is 5. The van der Waals surface area contributed by atoms with E-state index in [-0.39, 0.29) is 18.4 Å². The lowest BCUT2D eigenvalue weighted by molar-refractivity contribution is -0.165. The SMILES string of the molecule is COc1cc(C)ccc1OCC(=O)N1CC(O)(C(C)C)C1. The molecule has 1 aromatic carbocycles. The summed E-state index contributed by atoms with van der Waals surface area (Å²) in [6.07, 6.45) is 0. The first-order chi connectivity index (χ1) is 9.85. The zero-order valence-corrected chi connectivity index (χ0v) is 13.0. The molecule has 21 heavy (non-hydrogen) atoms. The van der Waals surface area contributed by atoms with Crippen LogP contribution in [0.25, 0.3) is 0 Å². The van der Waals surface area contributed by atoms with Crippen LogP contribution in [0.1, 0.15) is 19.4 Å². The Balaban J connectivity index is 1.88. The van der Waals surface area contributed by atoms with E-state index in [1.54, 1.807) is 18.1 Å². The molecule has 0 atom stereocenters. The van der Waals surface area contributed by atoms with Crippen molar-refractivity contribution in [1.82, 2.24) is 4.90 Å². The Morgan fingerprint density at radius 2 is 2.05 bits per heavy atom. The number of benzene rings is 1. The van der Waals surface area contributed by atoms with Crippen LogP contribution >= 0.6 is 0 Å². The zero-order chi connectivity index (χ0) is 15.6. The molecule has 1 heterocycles. The standard InChI is InChI=1S/C16H23NO4/c1-11(2)16(19)9-17(10-16)15(18)8-21-13-6-5-12(3)7-14(13)20-4/h5-7,11,19H,8-10H2,1-4H3. The number of aryl methyl sites for hydroxylation is 1. The number of hydrogen-bond acceptors (Lipinski definition) is 4. The zero-order valence-electron chi connectivity index (χ0n) is 13.0. The van der Waals surface area contributed by atoms with Gasteiger partial charge >= 0.3 is 0 Å². The molecule has 0 bridgehead atoms. The van der Waals surface area contributed by atoms with E-state index < -0.39 is 5.60 Å². The van der Waals surface area contributed by atoms with Gasteiger partial charge in [-0.25, -0.2) is 0 Å². The summed E-state index contributed by atoms with van der Waals surface area (Å²) in [6.45, 7) is 6.57. The largest absolute Gasteiger partial charge is 0.493 e. The van der Waals surface area contributed by atoms with Gasteiger partial charge in [-0.1, -0.05) is 19.9 Å². The molecule has 0 saturated carbocycles. The summed E-state index contributed by atoms with van der Waals surface area (Å²) >= 11 is 0. The quantitative estimate of drug-likeness (QED) is 0.896. The second-order valence-electron chi connectivity index (χ2n) is 5.95. The van der Waals surface area contributed by atoms with Gasteiger partial charge in [-0.05, 0) is 30.5 Å². The fourth-order valence-corrected chi connectivity index (χ4v) is 2.28. The molecule has 0 radical (unpaired) electrons. The molecular formula is C16H23NO4. The van der Waals surface area contributed by atoms with Gasteiger partial charge in [0.1, 0.15) is 5.60 Å². The number of amides is 1. The molecule has 2 rings (SSSR count). The molecule has 1 amide bonds. The van der Waals surface area contributed by atoms with Crippen LogP contribution in [-0.4, -0.2) is 48.3 Å². The molecule has 5 nitrogen and oxygen atoms in total. The lowest BCUT2D eigenvalue weighted by Crippen LogP contribution is -2.66. The Morgan fingerprint density at radius 3 is 2.62 bits per heavy atom. The van der Waals surface area contributed by atoms with Gasteiger partial charge in [0.2, 0.25) is 0 Å². The number of methoxy groups -OCH3 is 1. The van der Waals surface area contributed by atoms with E-state index in [9.17, 15) is 9.90 Å².